The number of Topliss-reactive ketones (excluding diaryl/α,β-unsaturated/α-hetero) is 1. The Bertz CT molecular complexity index is 1090. The third kappa shape index (κ3) is 4.58. The molecule has 2 aromatic rings. The van der Waals surface area contributed by atoms with Gasteiger partial charge in [-0.25, -0.2) is 0 Å². The predicted molar refractivity (Wildman–Crippen MR) is 123 cm³/mol. The fraction of sp³-hybridized carbons (Fsp3) is 0.423. The van der Waals surface area contributed by atoms with Gasteiger partial charge in [0.1, 0.15) is 13.2 Å². The van der Waals surface area contributed by atoms with E-state index < -0.39 is 0 Å². The summed E-state index contributed by atoms with van der Waals surface area (Å²) in [4.78, 5) is 40.1. The zero-order chi connectivity index (χ0) is 22.9. The van der Waals surface area contributed by atoms with Crippen LogP contribution in [-0.4, -0.2) is 48.8 Å². The number of hydrogen-bond acceptors (Lipinski definition) is 5. The molecule has 0 bridgehead atoms. The number of nitrogens with zero attached hydrogens (tertiary/aromatic N) is 1. The van der Waals surface area contributed by atoms with E-state index in [0.717, 1.165) is 6.42 Å². The van der Waals surface area contributed by atoms with Gasteiger partial charge >= 0.3 is 0 Å². The van der Waals surface area contributed by atoms with E-state index in [1.165, 1.54) is 0 Å². The lowest BCUT2D eigenvalue weighted by atomic mass is 9.88. The van der Waals surface area contributed by atoms with Gasteiger partial charge in [-0.15, -0.1) is 0 Å². The van der Waals surface area contributed by atoms with Crippen molar-refractivity contribution in [2.45, 2.75) is 26.2 Å². The zero-order valence-electron chi connectivity index (χ0n) is 18.7. The molecule has 0 aromatic heterocycles. The van der Waals surface area contributed by atoms with Gasteiger partial charge in [0.05, 0.1) is 0 Å². The van der Waals surface area contributed by atoms with Gasteiger partial charge in [0.15, 0.2) is 17.3 Å². The number of benzene rings is 2. The van der Waals surface area contributed by atoms with Gasteiger partial charge < -0.3 is 19.7 Å². The van der Waals surface area contributed by atoms with Crippen LogP contribution in [0.5, 0.6) is 11.5 Å². The monoisotopic (exact) mass is 448 g/mol. The van der Waals surface area contributed by atoms with Crippen LogP contribution in [0.2, 0.25) is 0 Å². The average molecular weight is 449 g/mol. The van der Waals surface area contributed by atoms with E-state index in [0.29, 0.717) is 73.4 Å². The summed E-state index contributed by atoms with van der Waals surface area (Å²) in [5, 5.41) is 2.92. The van der Waals surface area contributed by atoms with Crippen molar-refractivity contribution in [2.75, 3.05) is 31.6 Å². The Morgan fingerprint density at radius 3 is 2.39 bits per heavy atom. The third-order valence-electron chi connectivity index (χ3n) is 6.80. The van der Waals surface area contributed by atoms with E-state index in [2.05, 4.69) is 12.2 Å². The molecule has 0 spiro atoms. The summed E-state index contributed by atoms with van der Waals surface area (Å²) < 4.78 is 11.1. The fourth-order valence-electron chi connectivity index (χ4n) is 4.61. The lowest BCUT2D eigenvalue weighted by Crippen LogP contribution is -2.40. The number of likely N-dealkylation sites (tertiary alicyclic amines) is 1. The lowest BCUT2D eigenvalue weighted by molar-refractivity contribution is -0.117. The molecule has 5 rings (SSSR count). The largest absolute Gasteiger partial charge is 0.486 e. The molecule has 7 nitrogen and oxygen atoms in total. The van der Waals surface area contributed by atoms with Crippen LogP contribution in [0.25, 0.3) is 0 Å². The molecule has 1 saturated carbocycles. The predicted octanol–water partition coefficient (Wildman–Crippen LogP) is 3.79. The molecule has 2 aliphatic heterocycles. The molecule has 1 aliphatic carbocycles. The van der Waals surface area contributed by atoms with Crippen molar-refractivity contribution < 1.29 is 23.9 Å². The molecule has 2 heterocycles. The van der Waals surface area contributed by atoms with Gasteiger partial charge in [-0.1, -0.05) is 13.0 Å². The molecule has 3 aliphatic rings. The number of carbonyl (C=O) groups is 3. The first-order valence-electron chi connectivity index (χ1n) is 11.6. The normalized spacial score (nSPS) is 21.9. The number of fused-ring (bicyclic) bond motifs is 1. The van der Waals surface area contributed by atoms with E-state index in [1.54, 1.807) is 47.4 Å². The molecule has 2 amide bonds. The highest BCUT2D eigenvalue weighted by molar-refractivity contribution is 6.00. The number of carbonyl (C=O) groups excluding carboxylic acids is 3. The van der Waals surface area contributed by atoms with Crippen molar-refractivity contribution in [1.29, 1.82) is 0 Å². The van der Waals surface area contributed by atoms with Crippen LogP contribution in [0, 0.1) is 17.8 Å². The van der Waals surface area contributed by atoms with Crippen molar-refractivity contribution in [1.82, 2.24) is 4.90 Å². The van der Waals surface area contributed by atoms with Crippen molar-refractivity contribution in [3.63, 3.8) is 0 Å². The molecular weight excluding hydrogens is 420 g/mol. The number of ketones is 1. The number of nitrogens with one attached hydrogen (secondary N) is 1. The maximum Gasteiger partial charge on any atom is 0.253 e. The van der Waals surface area contributed by atoms with Crippen LogP contribution in [0.3, 0.4) is 0 Å². The molecule has 172 valence electrons. The summed E-state index contributed by atoms with van der Waals surface area (Å²) in [6.07, 6.45) is 2.16. The molecule has 7 heteroatoms. The van der Waals surface area contributed by atoms with Crippen molar-refractivity contribution >= 4 is 23.3 Å². The highest BCUT2D eigenvalue weighted by Gasteiger charge is 2.39. The molecule has 2 aromatic carbocycles. The van der Waals surface area contributed by atoms with E-state index in [1.807, 2.05) is 0 Å². The van der Waals surface area contributed by atoms with Crippen molar-refractivity contribution in [3.8, 4) is 11.5 Å². The third-order valence-corrected chi connectivity index (χ3v) is 6.80. The molecule has 1 N–H and O–H groups in total. The number of anilines is 1. The Balaban J connectivity index is 1.19. The number of piperidine rings is 1. The van der Waals surface area contributed by atoms with Gasteiger partial charge in [-0.05, 0) is 61.6 Å². The van der Waals surface area contributed by atoms with Crippen LogP contribution in [0.1, 0.15) is 46.9 Å². The Labute approximate surface area is 193 Å². The topological polar surface area (TPSA) is 84.9 Å². The Hall–Kier alpha value is -3.35. The number of hydrogen-bond donors (Lipinski definition) is 1. The van der Waals surface area contributed by atoms with Crippen LogP contribution in [-0.2, 0) is 4.79 Å². The maximum atomic E-state index is 13.0. The first kappa shape index (κ1) is 21.5. The van der Waals surface area contributed by atoms with Gasteiger partial charge in [0.2, 0.25) is 5.91 Å². The summed E-state index contributed by atoms with van der Waals surface area (Å²) in [6, 6.07) is 12.4. The second-order valence-electron chi connectivity index (χ2n) is 9.18. The standard InChI is InChI=1S/C26H28N2O5/c1-16-13-21(16)25(30)27-20-4-2-3-19(14-20)26(31)28-9-7-17(8-10-28)24(29)18-5-6-22-23(15-18)33-12-11-32-22/h2-6,14-17,21H,7-13H2,1H3,(H,27,30). The van der Waals surface area contributed by atoms with Gasteiger partial charge in [0.25, 0.3) is 5.91 Å². The minimum absolute atomic E-state index is 0.0190. The van der Waals surface area contributed by atoms with Gasteiger partial charge in [-0.2, -0.15) is 0 Å². The molecular formula is C26H28N2O5. The number of rotatable bonds is 5. The fourth-order valence-corrected chi connectivity index (χ4v) is 4.61. The van der Waals surface area contributed by atoms with E-state index >= 15 is 0 Å². The average Bonchev–Trinajstić information content (AvgIpc) is 3.60. The van der Waals surface area contributed by atoms with Crippen molar-refractivity contribution in [3.05, 3.63) is 53.6 Å². The molecule has 2 unspecified atom stereocenters. The van der Waals surface area contributed by atoms with Crippen LogP contribution < -0.4 is 14.8 Å². The summed E-state index contributed by atoms with van der Waals surface area (Å²) in [7, 11) is 0. The lowest BCUT2D eigenvalue weighted by Gasteiger charge is -2.31. The maximum absolute atomic E-state index is 13.0. The number of amides is 2. The van der Waals surface area contributed by atoms with E-state index in [4.69, 9.17) is 9.47 Å². The van der Waals surface area contributed by atoms with Crippen LogP contribution >= 0.6 is 0 Å². The molecule has 2 atom stereocenters. The smallest absolute Gasteiger partial charge is 0.253 e. The Morgan fingerprint density at radius 1 is 0.939 bits per heavy atom. The van der Waals surface area contributed by atoms with Crippen LogP contribution in [0.15, 0.2) is 42.5 Å². The summed E-state index contributed by atoms with van der Waals surface area (Å²) in [5.41, 5.74) is 1.82. The quantitative estimate of drug-likeness (QED) is 0.704. The first-order valence-corrected chi connectivity index (χ1v) is 11.6. The first-order chi connectivity index (χ1) is 16.0. The highest BCUT2D eigenvalue weighted by Crippen LogP contribution is 2.38. The second-order valence-corrected chi connectivity index (χ2v) is 9.18. The van der Waals surface area contributed by atoms with Crippen molar-refractivity contribution in [2.24, 2.45) is 17.8 Å². The number of ether oxygens (including phenoxy) is 2. The molecule has 0 radical (unpaired) electrons. The van der Waals surface area contributed by atoms with E-state index in [-0.39, 0.29) is 29.4 Å². The molecule has 33 heavy (non-hydrogen) atoms. The second kappa shape index (κ2) is 8.89. The Kier molecular flexibility index (Phi) is 5.79. The Morgan fingerprint density at radius 2 is 1.67 bits per heavy atom. The summed E-state index contributed by atoms with van der Waals surface area (Å²) in [5.74, 6) is 1.70. The van der Waals surface area contributed by atoms with E-state index in [9.17, 15) is 14.4 Å². The SMILES string of the molecule is CC1CC1C(=O)Nc1cccc(C(=O)N2CCC(C(=O)c3ccc4c(c3)OCCO4)CC2)c1. The van der Waals surface area contributed by atoms with Gasteiger partial charge in [-0.3, -0.25) is 14.4 Å². The summed E-state index contributed by atoms with van der Waals surface area (Å²) >= 11 is 0. The minimum Gasteiger partial charge on any atom is -0.486 e. The molecule has 2 fully saturated rings. The summed E-state index contributed by atoms with van der Waals surface area (Å²) in [6.45, 7) is 4.11. The van der Waals surface area contributed by atoms with Gasteiger partial charge in [0, 0.05) is 41.7 Å². The van der Waals surface area contributed by atoms with Crippen LogP contribution in [0.4, 0.5) is 5.69 Å². The zero-order valence-corrected chi connectivity index (χ0v) is 18.7. The highest BCUT2D eigenvalue weighted by atomic mass is 16.6. The molecule has 1 saturated heterocycles. The minimum atomic E-state index is -0.122.